The topological polar surface area (TPSA) is 8.81 Å². The minimum absolute atomic E-state index is 0.964. The molecular formula is C22H35N2+. The van der Waals surface area contributed by atoms with Gasteiger partial charge in [-0.05, 0) is 18.4 Å². The number of imidazole rings is 1. The molecule has 0 atom stereocenters. The predicted molar refractivity (Wildman–Crippen MR) is 102 cm³/mol. The Kier molecular flexibility index (Phi) is 9.29. The molecule has 0 N–H and O–H groups in total. The molecule has 0 fully saturated rings. The Bertz CT molecular complexity index is 530. The Morgan fingerprint density at radius 2 is 1.42 bits per heavy atom. The minimum atomic E-state index is 0.964. The summed E-state index contributed by atoms with van der Waals surface area (Å²) in [5.74, 6) is 0. The van der Waals surface area contributed by atoms with E-state index >= 15 is 0 Å². The van der Waals surface area contributed by atoms with E-state index in [-0.39, 0.29) is 0 Å². The number of aromatic nitrogens is 2. The molecule has 0 aliphatic carbocycles. The fraction of sp³-hybridized carbons (Fsp3) is 0.591. The summed E-state index contributed by atoms with van der Waals surface area (Å²) < 4.78 is 4.60. The van der Waals surface area contributed by atoms with Crippen molar-refractivity contribution in [3.63, 3.8) is 0 Å². The molecule has 0 saturated carbocycles. The first kappa shape index (κ1) is 18.8. The molecule has 0 aliphatic rings. The van der Waals surface area contributed by atoms with Gasteiger partial charge in [0.2, 0.25) is 6.33 Å². The van der Waals surface area contributed by atoms with Crippen molar-refractivity contribution in [3.05, 3.63) is 54.6 Å². The third-order valence-corrected chi connectivity index (χ3v) is 4.72. The lowest BCUT2D eigenvalue weighted by atomic mass is 10.1. The number of rotatable bonds is 13. The first-order valence-corrected chi connectivity index (χ1v) is 9.97. The number of nitrogens with zero attached hydrogens (tertiary/aromatic N) is 2. The van der Waals surface area contributed by atoms with Gasteiger partial charge in [-0.3, -0.25) is 0 Å². The van der Waals surface area contributed by atoms with E-state index in [2.05, 4.69) is 65.1 Å². The summed E-state index contributed by atoms with van der Waals surface area (Å²) in [7, 11) is 0. The normalized spacial score (nSPS) is 11.0. The maximum absolute atomic E-state index is 2.33. The molecule has 1 aromatic heterocycles. The molecule has 0 amide bonds. The zero-order valence-electron chi connectivity index (χ0n) is 15.5. The van der Waals surface area contributed by atoms with Gasteiger partial charge in [0, 0.05) is 0 Å². The van der Waals surface area contributed by atoms with Crippen molar-refractivity contribution in [2.45, 2.75) is 84.2 Å². The second-order valence-electron chi connectivity index (χ2n) is 6.99. The van der Waals surface area contributed by atoms with E-state index < -0.39 is 0 Å². The highest BCUT2D eigenvalue weighted by molar-refractivity contribution is 5.13. The van der Waals surface area contributed by atoms with E-state index in [4.69, 9.17) is 0 Å². The Morgan fingerprint density at radius 3 is 2.08 bits per heavy atom. The Morgan fingerprint density at radius 1 is 0.792 bits per heavy atom. The van der Waals surface area contributed by atoms with Crippen LogP contribution in [0.2, 0.25) is 0 Å². The molecule has 2 aromatic rings. The van der Waals surface area contributed by atoms with Gasteiger partial charge in [0.15, 0.2) is 0 Å². The second kappa shape index (κ2) is 11.9. The molecule has 2 nitrogen and oxygen atoms in total. The number of hydrogen-bond acceptors (Lipinski definition) is 0. The van der Waals surface area contributed by atoms with E-state index in [1.54, 1.807) is 0 Å². The minimum Gasteiger partial charge on any atom is -0.237 e. The van der Waals surface area contributed by atoms with E-state index in [1.165, 1.54) is 69.8 Å². The van der Waals surface area contributed by atoms with Gasteiger partial charge in [0.25, 0.3) is 0 Å². The van der Waals surface area contributed by atoms with Gasteiger partial charge in [-0.25, -0.2) is 9.13 Å². The summed E-state index contributed by atoms with van der Waals surface area (Å²) in [5, 5.41) is 0. The van der Waals surface area contributed by atoms with Gasteiger partial charge in [0.1, 0.15) is 18.9 Å². The Balaban J connectivity index is 1.51. The summed E-state index contributed by atoms with van der Waals surface area (Å²) in [6, 6.07) is 10.7. The average Bonchev–Trinajstić information content (AvgIpc) is 3.05. The first-order chi connectivity index (χ1) is 11.9. The fourth-order valence-corrected chi connectivity index (χ4v) is 3.24. The fourth-order valence-electron chi connectivity index (χ4n) is 3.24. The van der Waals surface area contributed by atoms with E-state index in [9.17, 15) is 0 Å². The molecule has 0 spiro atoms. The number of unbranched alkanes of at least 4 members (excludes halogenated alkanes) is 9. The SMILES string of the molecule is CCCCCCCCCCCCn1cc[n+](Cc2ccccc2)c1. The quantitative estimate of drug-likeness (QED) is 0.327. The Labute approximate surface area is 148 Å². The van der Waals surface area contributed by atoms with Crippen LogP contribution in [0, 0.1) is 0 Å². The van der Waals surface area contributed by atoms with Crippen molar-refractivity contribution in [1.29, 1.82) is 0 Å². The summed E-state index contributed by atoms with van der Waals surface area (Å²) >= 11 is 0. The summed E-state index contributed by atoms with van der Waals surface area (Å²) in [5.41, 5.74) is 1.36. The van der Waals surface area contributed by atoms with Gasteiger partial charge in [-0.15, -0.1) is 0 Å². The maximum atomic E-state index is 2.33. The molecule has 1 aromatic carbocycles. The molecule has 0 unspecified atom stereocenters. The van der Waals surface area contributed by atoms with Crippen LogP contribution < -0.4 is 4.57 Å². The van der Waals surface area contributed by atoms with Gasteiger partial charge >= 0.3 is 0 Å². The molecule has 0 radical (unpaired) electrons. The van der Waals surface area contributed by atoms with Crippen molar-refractivity contribution >= 4 is 0 Å². The Hall–Kier alpha value is -1.57. The lowest BCUT2D eigenvalue weighted by molar-refractivity contribution is -0.687. The molecule has 1 heterocycles. The van der Waals surface area contributed by atoms with Crippen molar-refractivity contribution in [1.82, 2.24) is 4.57 Å². The van der Waals surface area contributed by atoms with Gasteiger partial charge < -0.3 is 0 Å². The number of benzene rings is 1. The molecule has 0 saturated heterocycles. The average molecular weight is 328 g/mol. The molecule has 0 bridgehead atoms. The second-order valence-corrected chi connectivity index (χ2v) is 6.99. The van der Waals surface area contributed by atoms with E-state index in [0.717, 1.165) is 13.1 Å². The van der Waals surface area contributed by atoms with Crippen molar-refractivity contribution in [2.75, 3.05) is 0 Å². The summed E-state index contributed by atoms with van der Waals surface area (Å²) in [6.07, 6.45) is 20.6. The highest BCUT2D eigenvalue weighted by Gasteiger charge is 2.04. The van der Waals surface area contributed by atoms with E-state index in [0.29, 0.717) is 0 Å². The highest BCUT2D eigenvalue weighted by Crippen LogP contribution is 2.10. The van der Waals surface area contributed by atoms with Crippen LogP contribution in [0.3, 0.4) is 0 Å². The number of aryl methyl sites for hydroxylation is 1. The monoisotopic (exact) mass is 327 g/mol. The van der Waals surface area contributed by atoms with Crippen LogP contribution >= 0.6 is 0 Å². The summed E-state index contributed by atoms with van der Waals surface area (Å²) in [6.45, 7) is 4.40. The van der Waals surface area contributed by atoms with Crippen molar-refractivity contribution in [3.8, 4) is 0 Å². The molecule has 2 heteroatoms. The third kappa shape index (κ3) is 7.81. The molecular weight excluding hydrogens is 292 g/mol. The zero-order valence-corrected chi connectivity index (χ0v) is 15.5. The van der Waals surface area contributed by atoms with Crippen LogP contribution in [-0.2, 0) is 13.1 Å². The lowest BCUT2D eigenvalue weighted by Crippen LogP contribution is -2.31. The summed E-state index contributed by atoms with van der Waals surface area (Å²) in [4.78, 5) is 0. The van der Waals surface area contributed by atoms with Crippen molar-refractivity contribution in [2.24, 2.45) is 0 Å². The molecule has 132 valence electrons. The number of hydrogen-bond donors (Lipinski definition) is 0. The van der Waals surface area contributed by atoms with Crippen LogP contribution in [0.1, 0.15) is 76.7 Å². The largest absolute Gasteiger partial charge is 0.244 e. The zero-order chi connectivity index (χ0) is 16.9. The van der Waals surface area contributed by atoms with Gasteiger partial charge in [0.05, 0.1) is 6.54 Å². The van der Waals surface area contributed by atoms with Gasteiger partial charge in [-0.1, -0.05) is 88.6 Å². The van der Waals surface area contributed by atoms with Crippen LogP contribution in [0.5, 0.6) is 0 Å². The smallest absolute Gasteiger partial charge is 0.237 e. The van der Waals surface area contributed by atoms with Crippen LogP contribution in [0.25, 0.3) is 0 Å². The molecule has 2 rings (SSSR count). The standard InChI is InChI=1S/C22H35N2/c1-2-3-4-5-6-7-8-9-10-14-17-23-18-19-24(21-23)20-22-15-12-11-13-16-22/h11-13,15-16,18-19,21H,2-10,14,17,20H2,1H3/q+1. The lowest BCUT2D eigenvalue weighted by Gasteiger charge is -2.01. The first-order valence-electron chi connectivity index (χ1n) is 9.97. The third-order valence-electron chi connectivity index (χ3n) is 4.72. The van der Waals surface area contributed by atoms with Crippen LogP contribution in [0.4, 0.5) is 0 Å². The molecule has 0 aliphatic heterocycles. The van der Waals surface area contributed by atoms with E-state index in [1.807, 2.05) is 0 Å². The van der Waals surface area contributed by atoms with Gasteiger partial charge in [-0.2, -0.15) is 0 Å². The molecule has 24 heavy (non-hydrogen) atoms. The highest BCUT2D eigenvalue weighted by atomic mass is 15.1. The van der Waals surface area contributed by atoms with Crippen LogP contribution in [-0.4, -0.2) is 4.57 Å². The predicted octanol–water partition coefficient (Wildman–Crippen LogP) is 5.74. The maximum Gasteiger partial charge on any atom is 0.244 e. The van der Waals surface area contributed by atoms with Crippen LogP contribution in [0.15, 0.2) is 49.1 Å². The van der Waals surface area contributed by atoms with Crippen molar-refractivity contribution < 1.29 is 4.57 Å².